The molecular weight excluding hydrogens is 222 g/mol. The molecule has 2 unspecified atom stereocenters. The molecule has 4 nitrogen and oxygen atoms in total. The normalized spacial score (nSPS) is 21.8. The second kappa shape index (κ2) is 3.99. The van der Waals surface area contributed by atoms with Crippen molar-refractivity contribution in [2.75, 3.05) is 0 Å². The third kappa shape index (κ3) is 1.57. The number of hydrogen-bond acceptors (Lipinski definition) is 3. The van der Waals surface area contributed by atoms with Gasteiger partial charge in [0.25, 0.3) is 0 Å². The number of urea groups is 1. The number of aliphatic imine (C=N–C) groups is 1. The van der Waals surface area contributed by atoms with Crippen LogP contribution in [0.5, 0.6) is 0 Å². The molecule has 1 aromatic rings. The molecule has 0 fully saturated rings. The first-order chi connectivity index (χ1) is 7.65. The number of carbonyl (C=O) groups is 1. The Labute approximate surface area is 97.8 Å². The molecule has 2 rings (SSSR count). The van der Waals surface area contributed by atoms with Crippen molar-refractivity contribution < 1.29 is 4.79 Å². The lowest BCUT2D eigenvalue weighted by molar-refractivity contribution is 0.199. The summed E-state index contributed by atoms with van der Waals surface area (Å²) in [5, 5.41) is 3.88. The summed E-state index contributed by atoms with van der Waals surface area (Å²) in [6, 6.07) is 0.929. The van der Waals surface area contributed by atoms with Crippen LogP contribution in [0.4, 0.5) is 4.79 Å². The lowest BCUT2D eigenvalue weighted by atomic mass is 10.1. The molecule has 1 aliphatic rings. The van der Waals surface area contributed by atoms with Crippen LogP contribution in [-0.2, 0) is 0 Å². The predicted octanol–water partition coefficient (Wildman–Crippen LogP) is 1.60. The van der Waals surface area contributed by atoms with Gasteiger partial charge in [0.2, 0.25) is 0 Å². The molecule has 0 bridgehead atoms. The van der Waals surface area contributed by atoms with Gasteiger partial charge in [-0.05, 0) is 29.3 Å². The third-order valence-corrected chi connectivity index (χ3v) is 3.22. The number of nitrogens with two attached hydrogens (primary N) is 1. The molecule has 0 saturated heterocycles. The topological polar surface area (TPSA) is 58.7 Å². The van der Waals surface area contributed by atoms with Crippen molar-refractivity contribution in [2.24, 2.45) is 10.7 Å². The molecule has 5 heteroatoms. The highest BCUT2D eigenvalue weighted by atomic mass is 32.1. The van der Waals surface area contributed by atoms with Crippen molar-refractivity contribution in [3.63, 3.8) is 0 Å². The Morgan fingerprint density at radius 2 is 2.50 bits per heavy atom. The second-order valence-corrected chi connectivity index (χ2v) is 4.31. The Morgan fingerprint density at radius 1 is 1.75 bits per heavy atom. The molecule has 1 aromatic heterocycles. The van der Waals surface area contributed by atoms with Gasteiger partial charge in [0.1, 0.15) is 11.9 Å². The van der Waals surface area contributed by atoms with E-state index in [4.69, 9.17) is 12.2 Å². The van der Waals surface area contributed by atoms with E-state index in [1.807, 2.05) is 16.8 Å². The van der Waals surface area contributed by atoms with Gasteiger partial charge in [-0.15, -0.1) is 6.42 Å². The molecule has 82 valence electrons. The minimum absolute atomic E-state index is 0.311. The molecule has 0 radical (unpaired) electrons. The van der Waals surface area contributed by atoms with E-state index < -0.39 is 0 Å². The molecule has 2 heterocycles. The number of carbonyl (C=O) groups excluding carboxylic acids is 1. The largest absolute Gasteiger partial charge is 0.385 e. The maximum absolute atomic E-state index is 11.7. The van der Waals surface area contributed by atoms with Gasteiger partial charge >= 0.3 is 6.03 Å². The zero-order chi connectivity index (χ0) is 11.7. The van der Waals surface area contributed by atoms with Crippen molar-refractivity contribution in [1.82, 2.24) is 4.90 Å². The van der Waals surface area contributed by atoms with Crippen LogP contribution in [-0.4, -0.2) is 22.8 Å². The quantitative estimate of drug-likeness (QED) is 0.789. The molecule has 16 heavy (non-hydrogen) atoms. The number of nitrogens with zero attached hydrogens (tertiary/aromatic N) is 2. The highest BCUT2D eigenvalue weighted by Gasteiger charge is 2.37. The fourth-order valence-corrected chi connectivity index (χ4v) is 2.39. The van der Waals surface area contributed by atoms with Gasteiger partial charge in [-0.1, -0.05) is 5.92 Å². The summed E-state index contributed by atoms with van der Waals surface area (Å²) in [7, 11) is 0. The van der Waals surface area contributed by atoms with Gasteiger partial charge in [0, 0.05) is 0 Å². The Kier molecular flexibility index (Phi) is 2.67. The van der Waals surface area contributed by atoms with Crippen molar-refractivity contribution >= 4 is 23.2 Å². The number of hydrogen-bond donors (Lipinski definition) is 1. The first-order valence-corrected chi connectivity index (χ1v) is 5.74. The van der Waals surface area contributed by atoms with Crippen molar-refractivity contribution in [3.8, 4) is 12.3 Å². The van der Waals surface area contributed by atoms with E-state index in [1.54, 1.807) is 18.3 Å². The zero-order valence-corrected chi connectivity index (χ0v) is 9.57. The number of amides is 2. The van der Waals surface area contributed by atoms with Gasteiger partial charge in [0.15, 0.2) is 0 Å². The highest BCUT2D eigenvalue weighted by Crippen LogP contribution is 2.29. The van der Waals surface area contributed by atoms with Crippen LogP contribution in [0, 0.1) is 12.3 Å². The van der Waals surface area contributed by atoms with Crippen LogP contribution in [0.2, 0.25) is 0 Å². The maximum atomic E-state index is 11.7. The Bertz CT molecular complexity index is 472. The van der Waals surface area contributed by atoms with E-state index in [-0.39, 0.29) is 18.1 Å². The molecule has 0 saturated carbocycles. The summed E-state index contributed by atoms with van der Waals surface area (Å²) in [6.07, 6.45) is 5.34. The lowest BCUT2D eigenvalue weighted by Crippen LogP contribution is -2.38. The van der Waals surface area contributed by atoms with Crippen LogP contribution in [0.1, 0.15) is 18.5 Å². The van der Waals surface area contributed by atoms with Crippen LogP contribution < -0.4 is 5.73 Å². The first kappa shape index (κ1) is 10.7. The highest BCUT2D eigenvalue weighted by molar-refractivity contribution is 7.08. The lowest BCUT2D eigenvalue weighted by Gasteiger charge is -2.26. The molecule has 0 aliphatic carbocycles. The van der Waals surface area contributed by atoms with E-state index in [1.165, 1.54) is 4.90 Å². The van der Waals surface area contributed by atoms with E-state index in [0.29, 0.717) is 5.84 Å². The summed E-state index contributed by atoms with van der Waals surface area (Å²) in [6.45, 7) is 1.78. The minimum Gasteiger partial charge on any atom is -0.385 e. The Balaban J connectivity index is 2.38. The zero-order valence-electron chi connectivity index (χ0n) is 8.75. The van der Waals surface area contributed by atoms with Gasteiger partial charge in [-0.25, -0.2) is 4.79 Å². The van der Waals surface area contributed by atoms with Gasteiger partial charge in [-0.3, -0.25) is 4.90 Å². The fraction of sp³-hybridized carbons (Fsp3) is 0.273. The van der Waals surface area contributed by atoms with Gasteiger partial charge in [0.05, 0.1) is 6.04 Å². The van der Waals surface area contributed by atoms with Crippen LogP contribution in [0.3, 0.4) is 0 Å². The molecule has 2 atom stereocenters. The fourth-order valence-electron chi connectivity index (χ4n) is 1.71. The van der Waals surface area contributed by atoms with Crippen LogP contribution in [0.15, 0.2) is 21.8 Å². The van der Waals surface area contributed by atoms with Crippen molar-refractivity contribution in [2.45, 2.75) is 19.0 Å². The van der Waals surface area contributed by atoms with Gasteiger partial charge in [-0.2, -0.15) is 16.3 Å². The average molecular weight is 233 g/mol. The van der Waals surface area contributed by atoms with Crippen LogP contribution >= 0.6 is 11.3 Å². The molecule has 0 aromatic carbocycles. The number of amidine groups is 1. The first-order valence-electron chi connectivity index (χ1n) is 4.79. The molecular formula is C11H11N3OS. The Morgan fingerprint density at radius 3 is 3.06 bits per heavy atom. The summed E-state index contributed by atoms with van der Waals surface area (Å²) in [5.41, 5.74) is 6.72. The van der Waals surface area contributed by atoms with E-state index in [2.05, 4.69) is 10.9 Å². The molecule has 0 spiro atoms. The SMILES string of the molecule is C#CC(C)N1C(=O)N=C(N)C1c1ccsc1. The van der Waals surface area contributed by atoms with Crippen molar-refractivity contribution in [3.05, 3.63) is 22.4 Å². The third-order valence-electron chi connectivity index (χ3n) is 2.52. The Hall–Kier alpha value is -1.80. The predicted molar refractivity (Wildman–Crippen MR) is 64.2 cm³/mol. The molecule has 1 aliphatic heterocycles. The molecule has 2 amide bonds. The second-order valence-electron chi connectivity index (χ2n) is 3.53. The number of terminal acetylenes is 1. The molecule has 2 N–H and O–H groups in total. The minimum atomic E-state index is -0.362. The average Bonchev–Trinajstić information content (AvgIpc) is 2.84. The summed E-state index contributed by atoms with van der Waals surface area (Å²) >= 11 is 1.55. The number of thiophene rings is 1. The number of rotatable bonds is 2. The van der Waals surface area contributed by atoms with Crippen molar-refractivity contribution in [1.29, 1.82) is 0 Å². The van der Waals surface area contributed by atoms with E-state index in [9.17, 15) is 4.79 Å². The maximum Gasteiger partial charge on any atom is 0.347 e. The summed E-state index contributed by atoms with van der Waals surface area (Å²) < 4.78 is 0. The smallest absolute Gasteiger partial charge is 0.347 e. The standard InChI is InChI=1S/C11H11N3OS/c1-3-7(2)14-9(8-4-5-16-6-8)10(12)13-11(14)15/h1,4-7,9H,2H3,(H2,12,13,15). The van der Waals surface area contributed by atoms with Gasteiger partial charge < -0.3 is 5.73 Å². The monoisotopic (exact) mass is 233 g/mol. The summed E-state index contributed by atoms with van der Waals surface area (Å²) in [5.74, 6) is 2.84. The van der Waals surface area contributed by atoms with E-state index in [0.717, 1.165) is 5.56 Å². The summed E-state index contributed by atoms with van der Waals surface area (Å²) in [4.78, 5) is 16.9. The van der Waals surface area contributed by atoms with Crippen LogP contribution in [0.25, 0.3) is 0 Å². The van der Waals surface area contributed by atoms with E-state index >= 15 is 0 Å².